The van der Waals surface area contributed by atoms with Crippen molar-refractivity contribution in [1.82, 2.24) is 0 Å². The average Bonchev–Trinajstić information content (AvgIpc) is 2.50. The Hall–Kier alpha value is -2.07. The molecule has 2 aromatic carbocycles. The van der Waals surface area contributed by atoms with Crippen LogP contribution < -0.4 is 10.6 Å². The van der Waals surface area contributed by atoms with Crippen LogP contribution >= 0.6 is 11.6 Å². The third-order valence-electron chi connectivity index (χ3n) is 3.33. The van der Waals surface area contributed by atoms with Crippen LogP contribution in [0.3, 0.4) is 0 Å². The van der Waals surface area contributed by atoms with E-state index in [1.807, 2.05) is 24.3 Å². The number of halogens is 2. The van der Waals surface area contributed by atoms with Gasteiger partial charge >= 0.3 is 0 Å². The summed E-state index contributed by atoms with van der Waals surface area (Å²) in [6.07, 6.45) is 0.964. The first-order valence-corrected chi connectivity index (χ1v) is 7.48. The lowest BCUT2D eigenvalue weighted by Gasteiger charge is -2.16. The molecule has 1 unspecified atom stereocenters. The van der Waals surface area contributed by atoms with Gasteiger partial charge in [0.2, 0.25) is 5.91 Å². The fourth-order valence-corrected chi connectivity index (χ4v) is 2.14. The summed E-state index contributed by atoms with van der Waals surface area (Å²) in [7, 11) is 0. The van der Waals surface area contributed by atoms with Crippen LogP contribution in [0, 0.1) is 5.82 Å². The fraction of sp³-hybridized carbons (Fsp3) is 0.235. The van der Waals surface area contributed by atoms with Gasteiger partial charge in [-0.05, 0) is 49.2 Å². The summed E-state index contributed by atoms with van der Waals surface area (Å²) >= 11 is 5.68. The summed E-state index contributed by atoms with van der Waals surface area (Å²) in [5, 5.41) is 5.92. The van der Waals surface area contributed by atoms with Crippen LogP contribution in [0.15, 0.2) is 42.5 Å². The lowest BCUT2D eigenvalue weighted by Crippen LogP contribution is -2.32. The molecular weight excluding hydrogens is 303 g/mol. The van der Waals surface area contributed by atoms with Crippen molar-refractivity contribution in [1.29, 1.82) is 0 Å². The number of amides is 1. The van der Waals surface area contributed by atoms with Crippen LogP contribution in [0.4, 0.5) is 15.8 Å². The van der Waals surface area contributed by atoms with Crippen LogP contribution in [-0.2, 0) is 11.2 Å². The third-order valence-corrected chi connectivity index (χ3v) is 3.56. The molecule has 1 amide bonds. The largest absolute Gasteiger partial charge is 0.374 e. The van der Waals surface area contributed by atoms with E-state index in [9.17, 15) is 9.18 Å². The highest BCUT2D eigenvalue weighted by Crippen LogP contribution is 2.19. The zero-order valence-electron chi connectivity index (χ0n) is 12.5. The Bertz CT molecular complexity index is 658. The molecule has 1 atom stereocenters. The molecule has 2 aromatic rings. The van der Waals surface area contributed by atoms with E-state index in [0.29, 0.717) is 0 Å². The molecule has 5 heteroatoms. The summed E-state index contributed by atoms with van der Waals surface area (Å²) in [4.78, 5) is 12.1. The number of aryl methyl sites for hydroxylation is 1. The van der Waals surface area contributed by atoms with Crippen molar-refractivity contribution in [2.24, 2.45) is 0 Å². The Kier molecular flexibility index (Phi) is 5.39. The highest BCUT2D eigenvalue weighted by molar-refractivity contribution is 6.30. The number of benzene rings is 2. The molecule has 0 saturated heterocycles. The molecule has 0 fully saturated rings. The molecular formula is C17H18ClFN2O. The van der Waals surface area contributed by atoms with Gasteiger partial charge in [0, 0.05) is 10.7 Å². The smallest absolute Gasteiger partial charge is 0.246 e. The standard InChI is InChI=1S/C17H18ClFN2O/c1-3-12-4-7-14(8-5-12)20-11(2)17(22)21-16-9-6-13(18)10-15(16)19/h4-11,20H,3H2,1-2H3,(H,21,22). The molecule has 0 heterocycles. The summed E-state index contributed by atoms with van der Waals surface area (Å²) in [6, 6.07) is 11.5. The molecule has 0 spiro atoms. The second kappa shape index (κ2) is 7.27. The summed E-state index contributed by atoms with van der Waals surface area (Å²) in [5.74, 6) is -0.874. The van der Waals surface area contributed by atoms with Crippen LogP contribution in [-0.4, -0.2) is 11.9 Å². The maximum absolute atomic E-state index is 13.7. The Labute approximate surface area is 134 Å². The summed E-state index contributed by atoms with van der Waals surface area (Å²) in [5.41, 5.74) is 2.19. The molecule has 0 saturated carbocycles. The molecule has 0 bridgehead atoms. The Morgan fingerprint density at radius 3 is 2.50 bits per heavy atom. The molecule has 0 aliphatic heterocycles. The van der Waals surface area contributed by atoms with E-state index in [0.717, 1.165) is 12.1 Å². The minimum Gasteiger partial charge on any atom is -0.374 e. The van der Waals surface area contributed by atoms with Gasteiger partial charge in [0.1, 0.15) is 11.9 Å². The third kappa shape index (κ3) is 4.21. The lowest BCUT2D eigenvalue weighted by atomic mass is 10.1. The first-order valence-electron chi connectivity index (χ1n) is 7.11. The van der Waals surface area contributed by atoms with Gasteiger partial charge in [-0.2, -0.15) is 0 Å². The molecule has 0 aliphatic rings. The van der Waals surface area contributed by atoms with Crippen LogP contribution in [0.5, 0.6) is 0 Å². The highest BCUT2D eigenvalue weighted by Gasteiger charge is 2.14. The van der Waals surface area contributed by atoms with Crippen molar-refractivity contribution in [3.8, 4) is 0 Å². The van der Waals surface area contributed by atoms with Gasteiger partial charge in [0.05, 0.1) is 5.69 Å². The van der Waals surface area contributed by atoms with E-state index >= 15 is 0 Å². The quantitative estimate of drug-likeness (QED) is 0.852. The van der Waals surface area contributed by atoms with Gasteiger partial charge in [-0.15, -0.1) is 0 Å². The molecule has 2 N–H and O–H groups in total. The topological polar surface area (TPSA) is 41.1 Å². The Morgan fingerprint density at radius 2 is 1.91 bits per heavy atom. The molecule has 2 rings (SSSR count). The van der Waals surface area contributed by atoms with Crippen molar-refractivity contribution in [3.05, 3.63) is 58.9 Å². The van der Waals surface area contributed by atoms with Gasteiger partial charge in [-0.1, -0.05) is 30.7 Å². The maximum atomic E-state index is 13.7. The van der Waals surface area contributed by atoms with Crippen molar-refractivity contribution < 1.29 is 9.18 Å². The van der Waals surface area contributed by atoms with Crippen molar-refractivity contribution in [3.63, 3.8) is 0 Å². The molecule has 0 radical (unpaired) electrons. The minimum atomic E-state index is -0.555. The summed E-state index contributed by atoms with van der Waals surface area (Å²) < 4.78 is 13.7. The number of carbonyl (C=O) groups excluding carboxylic acids is 1. The molecule has 0 aliphatic carbocycles. The van der Waals surface area contributed by atoms with Gasteiger partial charge < -0.3 is 10.6 Å². The predicted octanol–water partition coefficient (Wildman–Crippen LogP) is 4.48. The van der Waals surface area contributed by atoms with Gasteiger partial charge in [-0.3, -0.25) is 4.79 Å². The zero-order valence-corrected chi connectivity index (χ0v) is 13.2. The first kappa shape index (κ1) is 16.3. The lowest BCUT2D eigenvalue weighted by molar-refractivity contribution is -0.116. The van der Waals surface area contributed by atoms with E-state index in [1.165, 1.54) is 23.8 Å². The second-order valence-electron chi connectivity index (χ2n) is 5.03. The number of anilines is 2. The molecule has 22 heavy (non-hydrogen) atoms. The number of rotatable bonds is 5. The van der Waals surface area contributed by atoms with E-state index in [2.05, 4.69) is 17.6 Å². The van der Waals surface area contributed by atoms with E-state index < -0.39 is 11.9 Å². The Balaban J connectivity index is 1.99. The average molecular weight is 321 g/mol. The predicted molar refractivity (Wildman–Crippen MR) is 88.9 cm³/mol. The number of hydrogen-bond acceptors (Lipinski definition) is 2. The zero-order chi connectivity index (χ0) is 16.1. The number of carbonyl (C=O) groups is 1. The number of nitrogens with one attached hydrogen (secondary N) is 2. The first-order chi connectivity index (χ1) is 10.5. The second-order valence-corrected chi connectivity index (χ2v) is 5.47. The van der Waals surface area contributed by atoms with Crippen molar-refractivity contribution in [2.75, 3.05) is 10.6 Å². The van der Waals surface area contributed by atoms with Crippen LogP contribution in [0.25, 0.3) is 0 Å². The molecule has 3 nitrogen and oxygen atoms in total. The van der Waals surface area contributed by atoms with Crippen LogP contribution in [0.1, 0.15) is 19.4 Å². The number of hydrogen-bond donors (Lipinski definition) is 2. The SMILES string of the molecule is CCc1ccc(NC(C)C(=O)Nc2ccc(Cl)cc2F)cc1. The normalized spacial score (nSPS) is 11.8. The maximum Gasteiger partial charge on any atom is 0.246 e. The molecule has 0 aromatic heterocycles. The van der Waals surface area contributed by atoms with Crippen LogP contribution in [0.2, 0.25) is 5.02 Å². The minimum absolute atomic E-state index is 0.115. The van der Waals surface area contributed by atoms with Gasteiger partial charge in [0.25, 0.3) is 0 Å². The van der Waals surface area contributed by atoms with E-state index in [-0.39, 0.29) is 16.6 Å². The monoisotopic (exact) mass is 320 g/mol. The highest BCUT2D eigenvalue weighted by atomic mass is 35.5. The van der Waals surface area contributed by atoms with Gasteiger partial charge in [-0.25, -0.2) is 4.39 Å². The van der Waals surface area contributed by atoms with Crippen molar-refractivity contribution >= 4 is 28.9 Å². The summed E-state index contributed by atoms with van der Waals surface area (Å²) in [6.45, 7) is 3.80. The Morgan fingerprint density at radius 1 is 1.23 bits per heavy atom. The van der Waals surface area contributed by atoms with E-state index in [1.54, 1.807) is 6.92 Å². The van der Waals surface area contributed by atoms with Gasteiger partial charge in [0.15, 0.2) is 0 Å². The fourth-order valence-electron chi connectivity index (χ4n) is 1.98. The van der Waals surface area contributed by atoms with E-state index in [4.69, 9.17) is 11.6 Å². The van der Waals surface area contributed by atoms with Crippen molar-refractivity contribution in [2.45, 2.75) is 26.3 Å². The molecule has 116 valence electrons.